The van der Waals surface area contributed by atoms with Crippen molar-refractivity contribution in [1.29, 1.82) is 0 Å². The lowest BCUT2D eigenvalue weighted by atomic mass is 9.90. The summed E-state index contributed by atoms with van der Waals surface area (Å²) in [5, 5.41) is 2.92. The zero-order valence-corrected chi connectivity index (χ0v) is 19.2. The SMILES string of the molecule is CCOC(=O)c1ccc2c(c1)NC(=O)C2C(=Nc1ccc(Cn2ccnc2)cc1)c1ccccc1. The van der Waals surface area contributed by atoms with E-state index in [9.17, 15) is 9.59 Å². The summed E-state index contributed by atoms with van der Waals surface area (Å²) in [5.74, 6) is -1.20. The number of anilines is 1. The second-order valence-electron chi connectivity index (χ2n) is 8.21. The van der Waals surface area contributed by atoms with Crippen molar-refractivity contribution >= 4 is 29.0 Å². The van der Waals surface area contributed by atoms with Crippen LogP contribution in [0.2, 0.25) is 0 Å². The average molecular weight is 465 g/mol. The molecule has 1 aromatic heterocycles. The predicted molar refractivity (Wildman–Crippen MR) is 134 cm³/mol. The average Bonchev–Trinajstić information content (AvgIpc) is 3.50. The number of imidazole rings is 1. The number of esters is 1. The number of nitrogens with one attached hydrogen (secondary N) is 1. The van der Waals surface area contributed by atoms with E-state index >= 15 is 0 Å². The first-order chi connectivity index (χ1) is 17.1. The van der Waals surface area contributed by atoms with E-state index in [1.165, 1.54) is 0 Å². The van der Waals surface area contributed by atoms with E-state index in [1.54, 1.807) is 37.6 Å². The number of amides is 1. The van der Waals surface area contributed by atoms with Gasteiger partial charge >= 0.3 is 5.97 Å². The number of rotatable bonds is 7. The monoisotopic (exact) mass is 464 g/mol. The van der Waals surface area contributed by atoms with E-state index in [4.69, 9.17) is 9.73 Å². The Morgan fingerprint density at radius 3 is 2.57 bits per heavy atom. The third-order valence-electron chi connectivity index (χ3n) is 5.85. The van der Waals surface area contributed by atoms with Gasteiger partial charge in [-0.05, 0) is 47.9 Å². The second kappa shape index (κ2) is 9.77. The normalized spacial score (nSPS) is 14.9. The Morgan fingerprint density at radius 2 is 1.86 bits per heavy atom. The molecule has 4 aromatic rings. The summed E-state index contributed by atoms with van der Waals surface area (Å²) in [6.45, 7) is 2.77. The first-order valence-electron chi connectivity index (χ1n) is 11.4. The summed E-state index contributed by atoms with van der Waals surface area (Å²) >= 11 is 0. The first kappa shape index (κ1) is 22.3. The van der Waals surface area contributed by atoms with E-state index in [2.05, 4.69) is 10.3 Å². The van der Waals surface area contributed by atoms with Crippen molar-refractivity contribution < 1.29 is 14.3 Å². The van der Waals surface area contributed by atoms with Crippen molar-refractivity contribution in [2.75, 3.05) is 11.9 Å². The number of aliphatic imine (C=N–C) groups is 1. The zero-order valence-electron chi connectivity index (χ0n) is 19.2. The Morgan fingerprint density at radius 1 is 1.06 bits per heavy atom. The maximum atomic E-state index is 13.2. The Labute approximate surface area is 203 Å². The molecule has 0 aliphatic carbocycles. The van der Waals surface area contributed by atoms with Crippen molar-refractivity contribution in [3.05, 3.63) is 114 Å². The summed E-state index contributed by atoms with van der Waals surface area (Å²) < 4.78 is 7.10. The molecule has 3 aromatic carbocycles. The minimum absolute atomic E-state index is 0.180. The van der Waals surface area contributed by atoms with Gasteiger partial charge in [-0.25, -0.2) is 9.78 Å². The largest absolute Gasteiger partial charge is 0.462 e. The number of benzene rings is 3. The summed E-state index contributed by atoms with van der Waals surface area (Å²) in [6, 6.07) is 22.8. The molecule has 5 rings (SSSR count). The van der Waals surface area contributed by atoms with Crippen LogP contribution in [-0.2, 0) is 16.1 Å². The highest BCUT2D eigenvalue weighted by atomic mass is 16.5. The van der Waals surface area contributed by atoms with Gasteiger partial charge in [-0.1, -0.05) is 48.5 Å². The van der Waals surface area contributed by atoms with Crippen LogP contribution in [-0.4, -0.2) is 33.7 Å². The van der Waals surface area contributed by atoms with Gasteiger partial charge in [-0.15, -0.1) is 0 Å². The highest BCUT2D eigenvalue weighted by Crippen LogP contribution is 2.37. The van der Waals surface area contributed by atoms with Crippen molar-refractivity contribution in [2.45, 2.75) is 19.4 Å². The van der Waals surface area contributed by atoms with Crippen LogP contribution < -0.4 is 5.32 Å². The fraction of sp³-hybridized carbons (Fsp3) is 0.143. The van der Waals surface area contributed by atoms with E-state index in [-0.39, 0.29) is 12.5 Å². The fourth-order valence-corrected chi connectivity index (χ4v) is 4.19. The number of hydrogen-bond acceptors (Lipinski definition) is 5. The third-order valence-corrected chi connectivity index (χ3v) is 5.85. The molecule has 0 saturated carbocycles. The first-order valence-corrected chi connectivity index (χ1v) is 11.4. The van der Waals surface area contributed by atoms with Gasteiger partial charge in [-0.2, -0.15) is 0 Å². The molecule has 35 heavy (non-hydrogen) atoms. The quantitative estimate of drug-likeness (QED) is 0.309. The number of fused-ring (bicyclic) bond motifs is 1. The fourth-order valence-electron chi connectivity index (χ4n) is 4.19. The van der Waals surface area contributed by atoms with Crippen LogP contribution >= 0.6 is 0 Å². The van der Waals surface area contributed by atoms with Gasteiger partial charge in [0.2, 0.25) is 5.91 Å². The number of nitrogens with zero attached hydrogens (tertiary/aromatic N) is 3. The lowest BCUT2D eigenvalue weighted by molar-refractivity contribution is -0.115. The van der Waals surface area contributed by atoms with Gasteiger partial charge in [0.05, 0.1) is 29.9 Å². The van der Waals surface area contributed by atoms with Crippen LogP contribution in [0, 0.1) is 0 Å². The van der Waals surface area contributed by atoms with Gasteiger partial charge in [0, 0.05) is 24.6 Å². The third kappa shape index (κ3) is 4.75. The lowest BCUT2D eigenvalue weighted by Crippen LogP contribution is -2.21. The Balaban J connectivity index is 1.51. The molecule has 2 heterocycles. The number of carbonyl (C=O) groups is 2. The minimum atomic E-state index is -0.603. The Bertz CT molecular complexity index is 1380. The van der Waals surface area contributed by atoms with Crippen LogP contribution in [0.4, 0.5) is 11.4 Å². The van der Waals surface area contributed by atoms with Gasteiger partial charge in [0.15, 0.2) is 0 Å². The van der Waals surface area contributed by atoms with Crippen LogP contribution in [0.25, 0.3) is 0 Å². The minimum Gasteiger partial charge on any atom is -0.462 e. The molecule has 7 heteroatoms. The topological polar surface area (TPSA) is 85.6 Å². The molecule has 1 aliphatic heterocycles. The van der Waals surface area contributed by atoms with E-state index in [1.807, 2.05) is 65.4 Å². The Kier molecular flexibility index (Phi) is 6.22. The second-order valence-corrected chi connectivity index (χ2v) is 8.21. The molecule has 0 spiro atoms. The van der Waals surface area contributed by atoms with Crippen LogP contribution in [0.5, 0.6) is 0 Å². The molecule has 0 saturated heterocycles. The molecule has 1 unspecified atom stereocenters. The van der Waals surface area contributed by atoms with E-state index in [0.717, 1.165) is 28.9 Å². The van der Waals surface area contributed by atoms with Crippen LogP contribution in [0.3, 0.4) is 0 Å². The summed E-state index contributed by atoms with van der Waals surface area (Å²) in [4.78, 5) is 34.3. The van der Waals surface area contributed by atoms with Crippen molar-refractivity contribution in [3.63, 3.8) is 0 Å². The number of hydrogen-bond donors (Lipinski definition) is 1. The zero-order chi connectivity index (χ0) is 24.2. The standard InChI is InChI=1S/C28H24N4O3/c1-2-35-28(34)21-10-13-23-24(16-21)31-27(33)25(23)26(20-6-4-3-5-7-20)30-22-11-8-19(9-12-22)17-32-15-14-29-18-32/h3-16,18,25H,2,17H2,1H3,(H,31,33). The van der Waals surface area contributed by atoms with Gasteiger partial charge in [-0.3, -0.25) is 9.79 Å². The maximum absolute atomic E-state index is 13.2. The number of carbonyl (C=O) groups excluding carboxylic acids is 2. The van der Waals surface area contributed by atoms with Crippen molar-refractivity contribution in [1.82, 2.24) is 9.55 Å². The molecule has 1 atom stereocenters. The summed E-state index contributed by atoms with van der Waals surface area (Å²) in [6.07, 6.45) is 5.46. The van der Waals surface area contributed by atoms with Crippen LogP contribution in [0.1, 0.15) is 39.9 Å². The molecule has 1 amide bonds. The molecular weight excluding hydrogens is 440 g/mol. The molecule has 0 bridgehead atoms. The highest BCUT2D eigenvalue weighted by molar-refractivity contribution is 6.24. The molecule has 1 aliphatic rings. The molecule has 174 valence electrons. The predicted octanol–water partition coefficient (Wildman–Crippen LogP) is 4.96. The molecule has 0 radical (unpaired) electrons. The summed E-state index contributed by atoms with van der Waals surface area (Å²) in [5.41, 5.74) is 5.16. The molecule has 1 N–H and O–H groups in total. The van der Waals surface area contributed by atoms with Crippen molar-refractivity contribution in [3.8, 4) is 0 Å². The number of ether oxygens (including phenoxy) is 1. The van der Waals surface area contributed by atoms with E-state index < -0.39 is 11.9 Å². The number of aromatic nitrogens is 2. The molecule has 0 fully saturated rings. The van der Waals surface area contributed by atoms with Crippen LogP contribution in [0.15, 0.2) is 96.5 Å². The highest BCUT2D eigenvalue weighted by Gasteiger charge is 2.36. The molecular formula is C28H24N4O3. The lowest BCUT2D eigenvalue weighted by Gasteiger charge is -2.14. The van der Waals surface area contributed by atoms with Gasteiger partial charge < -0.3 is 14.6 Å². The van der Waals surface area contributed by atoms with E-state index in [0.29, 0.717) is 17.0 Å². The smallest absolute Gasteiger partial charge is 0.338 e. The van der Waals surface area contributed by atoms with Gasteiger partial charge in [0.1, 0.15) is 5.92 Å². The molecule has 7 nitrogen and oxygen atoms in total. The maximum Gasteiger partial charge on any atom is 0.338 e. The summed E-state index contributed by atoms with van der Waals surface area (Å²) in [7, 11) is 0. The van der Waals surface area contributed by atoms with Gasteiger partial charge in [0.25, 0.3) is 0 Å². The Hall–Kier alpha value is -4.52. The van der Waals surface area contributed by atoms with Crippen molar-refractivity contribution in [2.24, 2.45) is 4.99 Å².